The number of thioether (sulfide) groups is 1. The molecule has 4 rings (SSSR count). The Morgan fingerprint density at radius 1 is 1.22 bits per heavy atom. The van der Waals surface area contributed by atoms with Crippen LogP contribution in [0.25, 0.3) is 17.0 Å². The molecule has 2 amide bonds. The molecule has 2 aromatic heterocycles. The number of anilines is 1. The number of nitrogens with one attached hydrogen (secondary N) is 1. The Balaban J connectivity index is 1.72. The van der Waals surface area contributed by atoms with Crippen molar-refractivity contribution in [1.29, 1.82) is 0 Å². The number of pyridine rings is 1. The van der Waals surface area contributed by atoms with Crippen molar-refractivity contribution in [2.75, 3.05) is 18.0 Å². The predicted octanol–water partition coefficient (Wildman–Crippen LogP) is 3.14. The lowest BCUT2D eigenvalue weighted by Gasteiger charge is -2.28. The summed E-state index contributed by atoms with van der Waals surface area (Å²) >= 11 is 0.886. The minimum atomic E-state index is -0.380. The fourth-order valence-corrected chi connectivity index (χ4v) is 3.61. The number of fused-ring (bicyclic) bond motifs is 1. The first-order valence-corrected chi connectivity index (χ1v) is 8.40. The van der Waals surface area contributed by atoms with E-state index in [1.54, 1.807) is 12.3 Å². The number of furan rings is 1. The third kappa shape index (κ3) is 2.72. The second-order valence-electron chi connectivity index (χ2n) is 5.63. The Bertz CT molecular complexity index is 821. The maximum atomic E-state index is 11.6. The van der Waals surface area contributed by atoms with Crippen LogP contribution in [0.1, 0.15) is 25.0 Å². The van der Waals surface area contributed by atoms with E-state index in [0.717, 1.165) is 41.5 Å². The summed E-state index contributed by atoms with van der Waals surface area (Å²) in [5.41, 5.74) is 1.77. The van der Waals surface area contributed by atoms with Gasteiger partial charge in [0.2, 0.25) is 0 Å². The molecule has 4 heterocycles. The van der Waals surface area contributed by atoms with Crippen LogP contribution in [0, 0.1) is 0 Å². The molecular formula is C16H15N3O3S. The van der Waals surface area contributed by atoms with Crippen molar-refractivity contribution in [3.63, 3.8) is 0 Å². The van der Waals surface area contributed by atoms with Crippen LogP contribution in [0.3, 0.4) is 0 Å². The summed E-state index contributed by atoms with van der Waals surface area (Å²) in [5.74, 6) is 0.174. The Kier molecular flexibility index (Phi) is 3.57. The van der Waals surface area contributed by atoms with Crippen LogP contribution in [0.15, 0.2) is 27.8 Å². The van der Waals surface area contributed by atoms with Crippen LogP contribution >= 0.6 is 11.8 Å². The first-order chi connectivity index (χ1) is 11.2. The molecule has 118 valence electrons. The van der Waals surface area contributed by atoms with Crippen molar-refractivity contribution < 1.29 is 14.0 Å². The summed E-state index contributed by atoms with van der Waals surface area (Å²) in [6.07, 6.45) is 8.79. The van der Waals surface area contributed by atoms with E-state index in [2.05, 4.69) is 15.2 Å². The SMILES string of the molecule is O=C1NC(=O)/C(=C\c2cc3cncc(N4CCCCC4)c3o2)S1. The van der Waals surface area contributed by atoms with E-state index in [0.29, 0.717) is 10.7 Å². The fourth-order valence-electron chi connectivity index (χ4n) is 2.95. The van der Waals surface area contributed by atoms with Gasteiger partial charge in [-0.2, -0.15) is 0 Å². The molecule has 1 N–H and O–H groups in total. The molecule has 7 heteroatoms. The molecule has 0 aromatic carbocycles. The zero-order valence-corrected chi connectivity index (χ0v) is 13.2. The van der Waals surface area contributed by atoms with E-state index >= 15 is 0 Å². The summed E-state index contributed by atoms with van der Waals surface area (Å²) in [6, 6.07) is 1.85. The first kappa shape index (κ1) is 14.3. The Hall–Kier alpha value is -2.28. The lowest BCUT2D eigenvalue weighted by atomic mass is 10.1. The second-order valence-corrected chi connectivity index (χ2v) is 6.64. The monoisotopic (exact) mass is 329 g/mol. The van der Waals surface area contributed by atoms with Crippen molar-refractivity contribution in [3.05, 3.63) is 29.1 Å². The number of nitrogens with zero attached hydrogens (tertiary/aromatic N) is 2. The van der Waals surface area contributed by atoms with Crippen LogP contribution in [0.4, 0.5) is 10.5 Å². The molecule has 0 unspecified atom stereocenters. The number of imide groups is 1. The van der Waals surface area contributed by atoms with Crippen LogP contribution in [0.2, 0.25) is 0 Å². The van der Waals surface area contributed by atoms with Gasteiger partial charge in [-0.25, -0.2) is 0 Å². The van der Waals surface area contributed by atoms with Crippen LogP contribution in [-0.4, -0.2) is 29.2 Å². The molecule has 6 nitrogen and oxygen atoms in total. The zero-order valence-electron chi connectivity index (χ0n) is 12.4. The molecule has 23 heavy (non-hydrogen) atoms. The van der Waals surface area contributed by atoms with E-state index in [4.69, 9.17) is 4.42 Å². The standard InChI is InChI=1S/C16H15N3O3S/c20-15-13(23-16(21)18-15)7-11-6-10-8-17-9-12(14(10)22-11)19-4-2-1-3-5-19/h6-9H,1-5H2,(H,18,20,21)/b13-7+. The smallest absolute Gasteiger partial charge is 0.290 e. The highest BCUT2D eigenvalue weighted by Gasteiger charge is 2.25. The maximum absolute atomic E-state index is 11.6. The van der Waals surface area contributed by atoms with Gasteiger partial charge in [0.1, 0.15) is 5.76 Å². The van der Waals surface area contributed by atoms with Crippen molar-refractivity contribution >= 4 is 45.6 Å². The van der Waals surface area contributed by atoms with Gasteiger partial charge in [0.05, 0.1) is 16.8 Å². The van der Waals surface area contributed by atoms with Gasteiger partial charge in [-0.05, 0) is 37.1 Å². The quantitative estimate of drug-likeness (QED) is 0.853. The minimum Gasteiger partial charge on any atom is -0.454 e. The molecule has 0 atom stereocenters. The van der Waals surface area contributed by atoms with Crippen LogP contribution in [-0.2, 0) is 4.79 Å². The summed E-state index contributed by atoms with van der Waals surface area (Å²) in [4.78, 5) is 29.8. The lowest BCUT2D eigenvalue weighted by molar-refractivity contribution is -0.115. The van der Waals surface area contributed by atoms with Gasteiger partial charge in [0.25, 0.3) is 11.1 Å². The normalized spacial score (nSPS) is 20.5. The lowest BCUT2D eigenvalue weighted by Crippen LogP contribution is -2.29. The highest BCUT2D eigenvalue weighted by molar-refractivity contribution is 8.18. The maximum Gasteiger partial charge on any atom is 0.290 e. The number of hydrogen-bond donors (Lipinski definition) is 1. The van der Waals surface area contributed by atoms with Gasteiger partial charge in [0, 0.05) is 30.7 Å². The summed E-state index contributed by atoms with van der Waals surface area (Å²) < 4.78 is 5.94. The summed E-state index contributed by atoms with van der Waals surface area (Å²) in [6.45, 7) is 2.01. The Morgan fingerprint density at radius 2 is 2.04 bits per heavy atom. The molecular weight excluding hydrogens is 314 g/mol. The highest BCUT2D eigenvalue weighted by Crippen LogP contribution is 2.33. The van der Waals surface area contributed by atoms with Gasteiger partial charge in [-0.15, -0.1) is 0 Å². The number of hydrogen-bond acceptors (Lipinski definition) is 6. The minimum absolute atomic E-state index is 0.349. The van der Waals surface area contributed by atoms with Crippen molar-refractivity contribution in [2.45, 2.75) is 19.3 Å². The number of carbonyl (C=O) groups is 2. The number of aromatic nitrogens is 1. The van der Waals surface area contributed by atoms with E-state index in [1.165, 1.54) is 19.3 Å². The van der Waals surface area contributed by atoms with E-state index in [1.807, 2.05) is 12.3 Å². The molecule has 2 aliphatic heterocycles. The zero-order chi connectivity index (χ0) is 15.8. The Labute approximate surface area is 136 Å². The predicted molar refractivity (Wildman–Crippen MR) is 89.2 cm³/mol. The third-order valence-corrected chi connectivity index (χ3v) is 4.85. The number of carbonyl (C=O) groups excluding carboxylic acids is 2. The third-order valence-electron chi connectivity index (χ3n) is 4.04. The van der Waals surface area contributed by atoms with Gasteiger partial charge in [0.15, 0.2) is 5.58 Å². The summed E-state index contributed by atoms with van der Waals surface area (Å²) in [5, 5.41) is 2.78. The van der Waals surface area contributed by atoms with E-state index in [-0.39, 0.29) is 11.1 Å². The molecule has 2 fully saturated rings. The van der Waals surface area contributed by atoms with Crippen LogP contribution in [0.5, 0.6) is 0 Å². The van der Waals surface area contributed by atoms with E-state index < -0.39 is 0 Å². The van der Waals surface area contributed by atoms with Crippen molar-refractivity contribution in [2.24, 2.45) is 0 Å². The molecule has 0 spiro atoms. The fraction of sp³-hybridized carbons (Fsp3) is 0.312. The molecule has 2 aliphatic rings. The molecule has 2 aromatic rings. The largest absolute Gasteiger partial charge is 0.454 e. The van der Waals surface area contributed by atoms with Gasteiger partial charge in [-0.3, -0.25) is 19.9 Å². The summed E-state index contributed by atoms with van der Waals surface area (Å²) in [7, 11) is 0. The van der Waals surface area contributed by atoms with Gasteiger partial charge in [-0.1, -0.05) is 0 Å². The van der Waals surface area contributed by atoms with Crippen molar-refractivity contribution in [3.8, 4) is 0 Å². The molecule has 0 aliphatic carbocycles. The number of piperidine rings is 1. The van der Waals surface area contributed by atoms with Gasteiger partial charge < -0.3 is 9.32 Å². The van der Waals surface area contributed by atoms with Crippen LogP contribution < -0.4 is 10.2 Å². The van der Waals surface area contributed by atoms with Gasteiger partial charge >= 0.3 is 0 Å². The topological polar surface area (TPSA) is 75.4 Å². The van der Waals surface area contributed by atoms with Crippen molar-refractivity contribution in [1.82, 2.24) is 10.3 Å². The molecule has 0 bridgehead atoms. The highest BCUT2D eigenvalue weighted by atomic mass is 32.2. The molecule has 0 saturated carbocycles. The first-order valence-electron chi connectivity index (χ1n) is 7.58. The second kappa shape index (κ2) is 5.73. The Morgan fingerprint density at radius 3 is 2.78 bits per heavy atom. The van der Waals surface area contributed by atoms with E-state index in [9.17, 15) is 9.59 Å². The number of amides is 2. The number of rotatable bonds is 2. The average molecular weight is 329 g/mol. The molecule has 0 radical (unpaired) electrons. The average Bonchev–Trinajstić information content (AvgIpc) is 3.10. The molecule has 2 saturated heterocycles.